The summed E-state index contributed by atoms with van der Waals surface area (Å²) in [6.07, 6.45) is 0. The monoisotopic (exact) mass is 205 g/mol. The Kier molecular flexibility index (Phi) is 2.73. The molecule has 1 aliphatic rings. The number of carbonyl (C=O) groups is 1. The van der Waals surface area contributed by atoms with E-state index < -0.39 is 5.97 Å². The van der Waals surface area contributed by atoms with Crippen LogP contribution in [0.15, 0.2) is 30.3 Å². The molecule has 1 saturated heterocycles. The Morgan fingerprint density at radius 1 is 1.40 bits per heavy atom. The SMILES string of the molecule is CN1CC(C(C(=O)O)c2ccccc2)C1. The van der Waals surface area contributed by atoms with E-state index in [4.69, 9.17) is 0 Å². The molecule has 0 aromatic heterocycles. The number of rotatable bonds is 3. The van der Waals surface area contributed by atoms with Gasteiger partial charge in [-0.05, 0) is 12.6 Å². The number of carboxylic acid groups (broad SMARTS) is 1. The third kappa shape index (κ3) is 2.02. The molecule has 2 rings (SSSR count). The van der Waals surface area contributed by atoms with Crippen molar-refractivity contribution >= 4 is 5.97 Å². The lowest BCUT2D eigenvalue weighted by molar-refractivity contribution is -0.141. The van der Waals surface area contributed by atoms with Gasteiger partial charge in [0.05, 0.1) is 5.92 Å². The molecule has 15 heavy (non-hydrogen) atoms. The van der Waals surface area contributed by atoms with Crippen molar-refractivity contribution in [2.45, 2.75) is 5.92 Å². The lowest BCUT2D eigenvalue weighted by Crippen LogP contribution is -2.48. The average Bonchev–Trinajstić information content (AvgIpc) is 2.17. The van der Waals surface area contributed by atoms with E-state index >= 15 is 0 Å². The van der Waals surface area contributed by atoms with Gasteiger partial charge in [-0.25, -0.2) is 0 Å². The summed E-state index contributed by atoms with van der Waals surface area (Å²) in [5.41, 5.74) is 0.920. The van der Waals surface area contributed by atoms with Crippen LogP contribution in [-0.2, 0) is 4.79 Å². The molecule has 0 saturated carbocycles. The van der Waals surface area contributed by atoms with Gasteiger partial charge in [0.2, 0.25) is 0 Å². The Bertz CT molecular complexity index is 344. The zero-order chi connectivity index (χ0) is 10.8. The van der Waals surface area contributed by atoms with Gasteiger partial charge in [0, 0.05) is 19.0 Å². The van der Waals surface area contributed by atoms with Crippen LogP contribution in [0, 0.1) is 5.92 Å². The van der Waals surface area contributed by atoms with Crippen molar-refractivity contribution in [3.8, 4) is 0 Å². The highest BCUT2D eigenvalue weighted by molar-refractivity contribution is 5.76. The summed E-state index contributed by atoms with van der Waals surface area (Å²) < 4.78 is 0. The van der Waals surface area contributed by atoms with Crippen molar-refractivity contribution in [2.75, 3.05) is 20.1 Å². The van der Waals surface area contributed by atoms with Gasteiger partial charge in [-0.15, -0.1) is 0 Å². The Morgan fingerprint density at radius 2 is 2.00 bits per heavy atom. The summed E-state index contributed by atoms with van der Waals surface area (Å²) in [5.74, 6) is -0.795. The molecule has 1 aromatic carbocycles. The molecular formula is C12H15NO2. The zero-order valence-electron chi connectivity index (χ0n) is 8.76. The minimum atomic E-state index is -0.709. The Morgan fingerprint density at radius 3 is 2.47 bits per heavy atom. The smallest absolute Gasteiger partial charge is 0.311 e. The number of likely N-dealkylation sites (tertiary alicyclic amines) is 1. The van der Waals surface area contributed by atoms with Crippen molar-refractivity contribution in [3.63, 3.8) is 0 Å². The van der Waals surface area contributed by atoms with Crippen LogP contribution in [0.2, 0.25) is 0 Å². The second kappa shape index (κ2) is 4.03. The van der Waals surface area contributed by atoms with Crippen LogP contribution in [-0.4, -0.2) is 36.1 Å². The van der Waals surface area contributed by atoms with Crippen LogP contribution in [0.1, 0.15) is 11.5 Å². The largest absolute Gasteiger partial charge is 0.481 e. The summed E-state index contributed by atoms with van der Waals surface area (Å²) in [5, 5.41) is 9.23. The number of carboxylic acids is 1. The van der Waals surface area contributed by atoms with E-state index in [1.54, 1.807) is 0 Å². The van der Waals surface area contributed by atoms with Gasteiger partial charge in [-0.1, -0.05) is 30.3 Å². The first-order valence-corrected chi connectivity index (χ1v) is 5.15. The molecule has 0 bridgehead atoms. The predicted molar refractivity (Wildman–Crippen MR) is 57.8 cm³/mol. The van der Waals surface area contributed by atoms with E-state index in [9.17, 15) is 9.90 Å². The molecule has 1 aliphatic heterocycles. The molecule has 1 N–H and O–H groups in total. The number of benzene rings is 1. The summed E-state index contributed by atoms with van der Waals surface area (Å²) in [4.78, 5) is 13.4. The van der Waals surface area contributed by atoms with Crippen molar-refractivity contribution in [2.24, 2.45) is 5.92 Å². The lowest BCUT2D eigenvalue weighted by Gasteiger charge is -2.39. The van der Waals surface area contributed by atoms with Gasteiger partial charge in [0.1, 0.15) is 0 Å². The predicted octanol–water partition coefficient (Wildman–Crippen LogP) is 1.42. The van der Waals surface area contributed by atoms with E-state index in [0.29, 0.717) is 0 Å². The van der Waals surface area contributed by atoms with Gasteiger partial charge >= 0.3 is 5.97 Å². The van der Waals surface area contributed by atoms with Crippen molar-refractivity contribution in [1.82, 2.24) is 4.90 Å². The Hall–Kier alpha value is -1.35. The van der Waals surface area contributed by atoms with Gasteiger partial charge < -0.3 is 10.0 Å². The third-order valence-corrected chi connectivity index (χ3v) is 2.99. The fraction of sp³-hybridized carbons (Fsp3) is 0.417. The molecule has 1 aromatic rings. The molecule has 1 unspecified atom stereocenters. The molecule has 0 radical (unpaired) electrons. The summed E-state index contributed by atoms with van der Waals surface area (Å²) in [6.45, 7) is 1.76. The second-order valence-corrected chi connectivity index (χ2v) is 4.21. The van der Waals surface area contributed by atoms with Crippen molar-refractivity contribution < 1.29 is 9.90 Å². The van der Waals surface area contributed by atoms with Crippen LogP contribution < -0.4 is 0 Å². The number of hydrogen-bond acceptors (Lipinski definition) is 2. The molecule has 0 spiro atoms. The van der Waals surface area contributed by atoms with Crippen LogP contribution in [0.25, 0.3) is 0 Å². The summed E-state index contributed by atoms with van der Waals surface area (Å²) >= 11 is 0. The van der Waals surface area contributed by atoms with Gasteiger partial charge in [0.25, 0.3) is 0 Å². The molecule has 1 atom stereocenters. The number of nitrogens with zero attached hydrogens (tertiary/aromatic N) is 1. The van der Waals surface area contributed by atoms with E-state index in [1.807, 2.05) is 37.4 Å². The molecule has 80 valence electrons. The van der Waals surface area contributed by atoms with Crippen LogP contribution in [0.3, 0.4) is 0 Å². The standard InChI is InChI=1S/C12H15NO2/c1-13-7-10(8-13)11(12(14)15)9-5-3-2-4-6-9/h2-6,10-11H,7-8H2,1H3,(H,14,15). The summed E-state index contributed by atoms with van der Waals surface area (Å²) in [6, 6.07) is 9.50. The fourth-order valence-electron chi connectivity index (χ4n) is 2.23. The maximum atomic E-state index is 11.2. The first-order chi connectivity index (χ1) is 7.18. The molecule has 1 heterocycles. The molecular weight excluding hydrogens is 190 g/mol. The minimum absolute atomic E-state index is 0.259. The molecule has 1 fully saturated rings. The number of aliphatic carboxylic acids is 1. The first-order valence-electron chi connectivity index (χ1n) is 5.15. The summed E-state index contributed by atoms with van der Waals surface area (Å²) in [7, 11) is 2.01. The first kappa shape index (κ1) is 10.2. The quantitative estimate of drug-likeness (QED) is 0.811. The molecule has 0 aliphatic carbocycles. The van der Waals surface area contributed by atoms with Gasteiger partial charge in [-0.2, -0.15) is 0 Å². The maximum Gasteiger partial charge on any atom is 0.311 e. The Balaban J connectivity index is 2.18. The van der Waals surface area contributed by atoms with E-state index in [-0.39, 0.29) is 11.8 Å². The highest BCUT2D eigenvalue weighted by atomic mass is 16.4. The topological polar surface area (TPSA) is 40.5 Å². The zero-order valence-corrected chi connectivity index (χ0v) is 8.76. The average molecular weight is 205 g/mol. The van der Waals surface area contributed by atoms with Crippen LogP contribution in [0.5, 0.6) is 0 Å². The van der Waals surface area contributed by atoms with E-state index in [1.165, 1.54) is 0 Å². The highest BCUT2D eigenvalue weighted by Gasteiger charge is 2.36. The van der Waals surface area contributed by atoms with Crippen molar-refractivity contribution in [1.29, 1.82) is 0 Å². The fourth-order valence-corrected chi connectivity index (χ4v) is 2.23. The van der Waals surface area contributed by atoms with Gasteiger partial charge in [0.15, 0.2) is 0 Å². The highest BCUT2D eigenvalue weighted by Crippen LogP contribution is 2.31. The molecule has 0 amide bonds. The van der Waals surface area contributed by atoms with E-state index in [0.717, 1.165) is 18.7 Å². The van der Waals surface area contributed by atoms with Crippen molar-refractivity contribution in [3.05, 3.63) is 35.9 Å². The van der Waals surface area contributed by atoms with Gasteiger partial charge in [-0.3, -0.25) is 4.79 Å². The molecule has 3 heteroatoms. The second-order valence-electron chi connectivity index (χ2n) is 4.21. The van der Waals surface area contributed by atoms with Crippen LogP contribution in [0.4, 0.5) is 0 Å². The molecule has 3 nitrogen and oxygen atoms in total. The lowest BCUT2D eigenvalue weighted by atomic mass is 9.81. The third-order valence-electron chi connectivity index (χ3n) is 2.99. The number of hydrogen-bond donors (Lipinski definition) is 1. The minimum Gasteiger partial charge on any atom is -0.481 e. The normalized spacial score (nSPS) is 19.5. The van der Waals surface area contributed by atoms with Crippen LogP contribution >= 0.6 is 0 Å². The van der Waals surface area contributed by atoms with E-state index in [2.05, 4.69) is 4.90 Å². The Labute approximate surface area is 89.3 Å². The maximum absolute atomic E-state index is 11.2.